The predicted octanol–water partition coefficient (Wildman–Crippen LogP) is 4.14. The molecule has 0 aromatic heterocycles. The first-order valence-electron chi connectivity index (χ1n) is 12.9. The number of rotatable bonds is 11. The fourth-order valence-electron chi connectivity index (χ4n) is 5.02. The fourth-order valence-corrected chi connectivity index (χ4v) is 5.14. The van der Waals surface area contributed by atoms with Crippen LogP contribution in [0.4, 0.5) is 0 Å². The van der Waals surface area contributed by atoms with Crippen LogP contribution in [0.2, 0.25) is 5.02 Å². The Labute approximate surface area is 224 Å². The summed E-state index contributed by atoms with van der Waals surface area (Å²) in [6, 6.07) is 14.5. The lowest BCUT2D eigenvalue weighted by atomic mass is 9.74. The second kappa shape index (κ2) is 13.1. The Bertz CT molecular complexity index is 1060. The van der Waals surface area contributed by atoms with Gasteiger partial charge in [0.05, 0.1) is 0 Å². The van der Waals surface area contributed by atoms with E-state index in [1.165, 1.54) is 11.1 Å². The molecule has 37 heavy (non-hydrogen) atoms. The van der Waals surface area contributed by atoms with Gasteiger partial charge in [0.2, 0.25) is 11.8 Å². The first-order valence-corrected chi connectivity index (χ1v) is 13.2. The monoisotopic (exact) mass is 527 g/mol. The number of aliphatic carboxylic acids is 1. The molecule has 3 rings (SSSR count). The molecule has 1 saturated carbocycles. The second-order valence-corrected chi connectivity index (χ2v) is 10.8. The summed E-state index contributed by atoms with van der Waals surface area (Å²) in [4.78, 5) is 38.9. The lowest BCUT2D eigenvalue weighted by Gasteiger charge is -2.45. The Morgan fingerprint density at radius 1 is 0.973 bits per heavy atom. The van der Waals surface area contributed by atoms with Gasteiger partial charge in [-0.05, 0) is 76.4 Å². The van der Waals surface area contributed by atoms with E-state index in [1.807, 2.05) is 0 Å². The zero-order valence-electron chi connectivity index (χ0n) is 21.9. The molecule has 2 amide bonds. The van der Waals surface area contributed by atoms with Gasteiger partial charge in [-0.3, -0.25) is 9.59 Å². The Kier molecular flexibility index (Phi) is 10.1. The Balaban J connectivity index is 1.44. The molecule has 0 bridgehead atoms. The van der Waals surface area contributed by atoms with Crippen LogP contribution in [0.5, 0.6) is 0 Å². The van der Waals surface area contributed by atoms with Gasteiger partial charge in [-0.2, -0.15) is 0 Å². The lowest BCUT2D eigenvalue weighted by Crippen LogP contribution is -2.52. The Morgan fingerprint density at radius 2 is 1.54 bits per heavy atom. The van der Waals surface area contributed by atoms with Crippen molar-refractivity contribution in [1.29, 1.82) is 0 Å². The van der Waals surface area contributed by atoms with E-state index in [4.69, 9.17) is 11.6 Å². The minimum absolute atomic E-state index is 0.0256. The maximum atomic E-state index is 12.5. The van der Waals surface area contributed by atoms with Crippen LogP contribution in [0.1, 0.15) is 55.2 Å². The average Bonchev–Trinajstić information content (AvgIpc) is 2.86. The van der Waals surface area contributed by atoms with Crippen molar-refractivity contribution in [3.63, 3.8) is 0 Å². The van der Waals surface area contributed by atoms with E-state index in [-0.39, 0.29) is 36.8 Å². The molecule has 1 atom stereocenters. The van der Waals surface area contributed by atoms with Gasteiger partial charge in [-0.1, -0.05) is 53.6 Å². The first kappa shape index (κ1) is 28.7. The van der Waals surface area contributed by atoms with Crippen LogP contribution in [-0.4, -0.2) is 59.5 Å². The number of benzene rings is 2. The third-order valence-corrected chi connectivity index (χ3v) is 7.70. The molecule has 0 spiro atoms. The quantitative estimate of drug-likeness (QED) is 0.408. The van der Waals surface area contributed by atoms with E-state index in [2.05, 4.69) is 60.8 Å². The fraction of sp³-hybridized carbons (Fsp3) is 0.483. The number of nitrogens with one attached hydrogen (secondary N) is 2. The van der Waals surface area contributed by atoms with Crippen molar-refractivity contribution in [3.8, 4) is 0 Å². The highest BCUT2D eigenvalue weighted by Gasteiger charge is 2.37. The van der Waals surface area contributed by atoms with Crippen LogP contribution in [-0.2, 0) is 27.2 Å². The zero-order valence-corrected chi connectivity index (χ0v) is 22.7. The Hall–Kier alpha value is -2.90. The zero-order chi connectivity index (χ0) is 27.0. The normalized spacial score (nSPS) is 20.3. The third-order valence-electron chi connectivity index (χ3n) is 7.45. The summed E-state index contributed by atoms with van der Waals surface area (Å²) >= 11 is 5.87. The summed E-state index contributed by atoms with van der Waals surface area (Å²) in [7, 11) is 4.26. The number of carboxylic acids is 1. The van der Waals surface area contributed by atoms with E-state index >= 15 is 0 Å². The van der Waals surface area contributed by atoms with Crippen LogP contribution in [0.3, 0.4) is 0 Å². The van der Waals surface area contributed by atoms with Crippen LogP contribution < -0.4 is 10.6 Å². The molecule has 200 valence electrons. The number of aryl methyl sites for hydroxylation is 1. The molecule has 1 aliphatic carbocycles. The molecule has 1 aliphatic rings. The molecule has 7 nitrogen and oxygen atoms in total. The van der Waals surface area contributed by atoms with Crippen molar-refractivity contribution in [1.82, 2.24) is 15.5 Å². The van der Waals surface area contributed by atoms with Crippen molar-refractivity contribution < 1.29 is 19.5 Å². The highest BCUT2D eigenvalue weighted by molar-refractivity contribution is 6.30. The maximum Gasteiger partial charge on any atom is 0.326 e. The molecule has 0 heterocycles. The molecule has 0 saturated heterocycles. The number of halogens is 1. The van der Waals surface area contributed by atoms with Crippen molar-refractivity contribution in [2.24, 2.45) is 0 Å². The highest BCUT2D eigenvalue weighted by Crippen LogP contribution is 2.35. The SMILES string of the molecule is Cc1ccc(CC2(N(C)C)CCC(NC(=O)CCC(=O)NC(Cc3ccc(Cl)cc3)C(=O)O)CC2)cc1. The number of hydrogen-bond acceptors (Lipinski definition) is 4. The predicted molar refractivity (Wildman–Crippen MR) is 146 cm³/mol. The van der Waals surface area contributed by atoms with Gasteiger partial charge in [0.1, 0.15) is 6.04 Å². The van der Waals surface area contributed by atoms with Gasteiger partial charge >= 0.3 is 5.97 Å². The van der Waals surface area contributed by atoms with Crippen molar-refractivity contribution >= 4 is 29.4 Å². The summed E-state index contributed by atoms with van der Waals surface area (Å²) in [6.07, 6.45) is 4.79. The second-order valence-electron chi connectivity index (χ2n) is 10.4. The molecule has 3 N–H and O–H groups in total. The van der Waals surface area contributed by atoms with E-state index < -0.39 is 17.9 Å². The summed E-state index contributed by atoms with van der Waals surface area (Å²) < 4.78 is 0. The molecule has 0 radical (unpaired) electrons. The van der Waals surface area contributed by atoms with E-state index in [9.17, 15) is 19.5 Å². The summed E-state index contributed by atoms with van der Waals surface area (Å²) in [5.41, 5.74) is 3.39. The van der Waals surface area contributed by atoms with Crippen LogP contribution in [0.15, 0.2) is 48.5 Å². The van der Waals surface area contributed by atoms with Crippen LogP contribution in [0.25, 0.3) is 0 Å². The number of carbonyl (C=O) groups excluding carboxylic acids is 2. The topological polar surface area (TPSA) is 98.7 Å². The van der Waals surface area contributed by atoms with Crippen molar-refractivity contribution in [2.45, 2.75) is 75.9 Å². The van der Waals surface area contributed by atoms with E-state index in [0.29, 0.717) is 5.02 Å². The number of nitrogens with zero attached hydrogens (tertiary/aromatic N) is 1. The minimum Gasteiger partial charge on any atom is -0.480 e. The largest absolute Gasteiger partial charge is 0.480 e. The summed E-state index contributed by atoms with van der Waals surface area (Å²) in [5.74, 6) is -1.75. The molecule has 0 aliphatic heterocycles. The van der Waals surface area contributed by atoms with Crippen molar-refractivity contribution in [3.05, 3.63) is 70.2 Å². The number of likely N-dealkylation sites (N-methyl/N-ethyl adjacent to an activating group) is 1. The Morgan fingerprint density at radius 3 is 2.11 bits per heavy atom. The first-order chi connectivity index (χ1) is 17.6. The molecule has 2 aromatic rings. The van der Waals surface area contributed by atoms with Gasteiger partial charge in [-0.25, -0.2) is 4.79 Å². The summed E-state index contributed by atoms with van der Waals surface area (Å²) in [6.45, 7) is 2.09. The van der Waals surface area contributed by atoms with Gasteiger partial charge in [0, 0.05) is 35.9 Å². The molecule has 2 aromatic carbocycles. The number of amides is 2. The van der Waals surface area contributed by atoms with Gasteiger partial charge in [0.15, 0.2) is 0 Å². The summed E-state index contributed by atoms with van der Waals surface area (Å²) in [5, 5.41) is 15.7. The lowest BCUT2D eigenvalue weighted by molar-refractivity contribution is -0.141. The standard InChI is InChI=1S/C29H38ClN3O4/c1-20-4-6-22(7-5-20)19-29(33(2)3)16-14-24(15-17-29)31-26(34)12-13-27(35)32-25(28(36)37)18-21-8-10-23(30)11-9-21/h4-11,24-25H,12-19H2,1-3H3,(H,31,34)(H,32,35)(H,36,37). The number of carboxylic acid groups (broad SMARTS) is 1. The van der Waals surface area contributed by atoms with Gasteiger partial charge in [-0.15, -0.1) is 0 Å². The van der Waals surface area contributed by atoms with Crippen molar-refractivity contribution in [2.75, 3.05) is 14.1 Å². The molecule has 1 fully saturated rings. The van der Waals surface area contributed by atoms with E-state index in [0.717, 1.165) is 37.7 Å². The highest BCUT2D eigenvalue weighted by atomic mass is 35.5. The van der Waals surface area contributed by atoms with Gasteiger partial charge < -0.3 is 20.6 Å². The maximum absolute atomic E-state index is 12.5. The number of carbonyl (C=O) groups is 3. The third kappa shape index (κ3) is 8.58. The average molecular weight is 528 g/mol. The van der Waals surface area contributed by atoms with Crippen LogP contribution >= 0.6 is 11.6 Å². The molecule has 8 heteroatoms. The van der Waals surface area contributed by atoms with Crippen LogP contribution in [0, 0.1) is 6.92 Å². The van der Waals surface area contributed by atoms with Gasteiger partial charge in [0.25, 0.3) is 0 Å². The van der Waals surface area contributed by atoms with E-state index in [1.54, 1.807) is 24.3 Å². The molecular formula is C29H38ClN3O4. The smallest absolute Gasteiger partial charge is 0.326 e. The molecular weight excluding hydrogens is 490 g/mol. The molecule has 1 unspecified atom stereocenters. The minimum atomic E-state index is -1.12. The number of hydrogen-bond donors (Lipinski definition) is 3.